The van der Waals surface area contributed by atoms with E-state index in [0.29, 0.717) is 24.3 Å². The highest BCUT2D eigenvalue weighted by atomic mass is 35.5. The van der Waals surface area contributed by atoms with Crippen LogP contribution >= 0.6 is 11.6 Å². The van der Waals surface area contributed by atoms with E-state index in [9.17, 15) is 24.0 Å². The van der Waals surface area contributed by atoms with Crippen LogP contribution in [0.15, 0.2) is 48.5 Å². The molecule has 0 saturated carbocycles. The van der Waals surface area contributed by atoms with Gasteiger partial charge >= 0.3 is 11.9 Å². The number of ether oxygens (including phenoxy) is 2. The summed E-state index contributed by atoms with van der Waals surface area (Å²) >= 11 is 5.99. The van der Waals surface area contributed by atoms with E-state index < -0.39 is 42.2 Å². The van der Waals surface area contributed by atoms with Gasteiger partial charge in [-0.25, -0.2) is 4.79 Å². The number of hydrazine groups is 1. The smallest absolute Gasteiger partial charge is 0.338 e. The van der Waals surface area contributed by atoms with E-state index in [0.717, 1.165) is 5.01 Å². The second-order valence-corrected chi connectivity index (χ2v) is 8.10. The molecule has 184 valence electrons. The Kier molecular flexibility index (Phi) is 8.80. The van der Waals surface area contributed by atoms with Gasteiger partial charge in [0.2, 0.25) is 5.91 Å². The van der Waals surface area contributed by atoms with E-state index in [1.54, 1.807) is 18.2 Å². The summed E-state index contributed by atoms with van der Waals surface area (Å²) in [6, 6.07) is 12.4. The molecular weight excluding hydrogens is 478 g/mol. The SMILES string of the molecule is CCCOC(=O)c1ccc(NC(=O)COC(=O)[C@H]2CC(=O)N(NC(=O)c3ccccc3Cl)C2)cc1. The number of rotatable bonds is 9. The molecule has 11 heteroatoms. The molecule has 10 nitrogen and oxygen atoms in total. The minimum absolute atomic E-state index is 0.0922. The van der Waals surface area contributed by atoms with Crippen molar-refractivity contribution in [1.29, 1.82) is 0 Å². The van der Waals surface area contributed by atoms with Crippen LogP contribution in [-0.2, 0) is 23.9 Å². The number of hydrogen-bond acceptors (Lipinski definition) is 7. The van der Waals surface area contributed by atoms with Gasteiger partial charge in [-0.3, -0.25) is 29.6 Å². The Bertz CT molecular complexity index is 1120. The Morgan fingerprint density at radius 1 is 1.06 bits per heavy atom. The van der Waals surface area contributed by atoms with Gasteiger partial charge in [0, 0.05) is 12.1 Å². The Morgan fingerprint density at radius 3 is 2.46 bits per heavy atom. The predicted octanol–water partition coefficient (Wildman–Crippen LogP) is 2.58. The van der Waals surface area contributed by atoms with Crippen molar-refractivity contribution in [2.45, 2.75) is 19.8 Å². The lowest BCUT2D eigenvalue weighted by Crippen LogP contribution is -2.43. The molecule has 1 aliphatic rings. The maximum atomic E-state index is 12.4. The number of halogens is 1. The highest BCUT2D eigenvalue weighted by Gasteiger charge is 2.37. The van der Waals surface area contributed by atoms with E-state index in [2.05, 4.69) is 10.7 Å². The molecule has 1 heterocycles. The molecule has 0 spiro atoms. The number of benzene rings is 2. The van der Waals surface area contributed by atoms with Crippen molar-refractivity contribution >= 4 is 46.9 Å². The Balaban J connectivity index is 1.45. The minimum atomic E-state index is -0.838. The number of esters is 2. The summed E-state index contributed by atoms with van der Waals surface area (Å²) in [6.07, 6.45) is 0.543. The molecule has 0 unspecified atom stereocenters. The summed E-state index contributed by atoms with van der Waals surface area (Å²) in [5.41, 5.74) is 3.37. The van der Waals surface area contributed by atoms with Crippen molar-refractivity contribution in [3.8, 4) is 0 Å². The fourth-order valence-corrected chi connectivity index (χ4v) is 3.44. The van der Waals surface area contributed by atoms with E-state index in [1.807, 2.05) is 6.92 Å². The maximum Gasteiger partial charge on any atom is 0.338 e. The number of carbonyl (C=O) groups is 5. The first-order valence-electron chi connectivity index (χ1n) is 10.9. The first kappa shape index (κ1) is 25.7. The van der Waals surface area contributed by atoms with Crippen LogP contribution in [-0.4, -0.2) is 54.4 Å². The van der Waals surface area contributed by atoms with Crippen molar-refractivity contribution in [3.63, 3.8) is 0 Å². The first-order chi connectivity index (χ1) is 16.8. The molecule has 0 radical (unpaired) electrons. The molecule has 1 aliphatic heterocycles. The van der Waals surface area contributed by atoms with Crippen LogP contribution in [0.2, 0.25) is 5.02 Å². The molecule has 0 bridgehead atoms. The standard InChI is InChI=1S/C24H24ClN3O7/c1-2-11-34-23(32)15-7-9-17(10-8-15)26-20(29)14-35-24(33)16-12-21(30)28(13-16)27-22(31)18-5-3-4-6-19(18)25/h3-10,16H,2,11-14H2,1H3,(H,26,29)(H,27,31)/t16-/m0/s1. The Hall–Kier alpha value is -3.92. The van der Waals surface area contributed by atoms with E-state index in [1.165, 1.54) is 30.3 Å². The number of anilines is 1. The number of amides is 3. The van der Waals surface area contributed by atoms with Gasteiger partial charge in [-0.15, -0.1) is 0 Å². The van der Waals surface area contributed by atoms with Crippen molar-refractivity contribution in [1.82, 2.24) is 10.4 Å². The van der Waals surface area contributed by atoms with Crippen LogP contribution in [0, 0.1) is 5.92 Å². The summed E-state index contributed by atoms with van der Waals surface area (Å²) in [7, 11) is 0. The molecule has 1 fully saturated rings. The summed E-state index contributed by atoms with van der Waals surface area (Å²) in [5, 5.41) is 3.81. The summed E-state index contributed by atoms with van der Waals surface area (Å²) in [6.45, 7) is 1.56. The van der Waals surface area contributed by atoms with Gasteiger partial charge in [0.15, 0.2) is 6.61 Å². The van der Waals surface area contributed by atoms with Gasteiger partial charge < -0.3 is 14.8 Å². The Labute approximate surface area is 206 Å². The summed E-state index contributed by atoms with van der Waals surface area (Å²) in [4.78, 5) is 60.8. The lowest BCUT2D eigenvalue weighted by atomic mass is 10.1. The van der Waals surface area contributed by atoms with Gasteiger partial charge in [0.1, 0.15) is 0 Å². The average Bonchev–Trinajstić information content (AvgIpc) is 3.21. The zero-order chi connectivity index (χ0) is 25.4. The fourth-order valence-electron chi connectivity index (χ4n) is 3.22. The monoisotopic (exact) mass is 501 g/mol. The largest absolute Gasteiger partial charge is 0.462 e. The molecule has 1 saturated heterocycles. The normalized spacial score (nSPS) is 14.9. The molecule has 3 rings (SSSR count). The van der Waals surface area contributed by atoms with Crippen molar-refractivity contribution in [2.24, 2.45) is 5.92 Å². The fraction of sp³-hybridized carbons (Fsp3) is 0.292. The molecule has 2 aromatic carbocycles. The summed E-state index contributed by atoms with van der Waals surface area (Å²) < 4.78 is 10.1. The lowest BCUT2D eigenvalue weighted by molar-refractivity contribution is -0.151. The number of hydrogen-bond donors (Lipinski definition) is 2. The van der Waals surface area contributed by atoms with Crippen LogP contribution < -0.4 is 10.7 Å². The number of nitrogens with one attached hydrogen (secondary N) is 2. The van der Waals surface area contributed by atoms with E-state index in [-0.39, 0.29) is 23.6 Å². The minimum Gasteiger partial charge on any atom is -0.462 e. The van der Waals surface area contributed by atoms with Crippen LogP contribution in [0.25, 0.3) is 0 Å². The van der Waals surface area contributed by atoms with Crippen LogP contribution in [0.1, 0.15) is 40.5 Å². The average molecular weight is 502 g/mol. The van der Waals surface area contributed by atoms with Crippen molar-refractivity contribution in [2.75, 3.05) is 25.1 Å². The van der Waals surface area contributed by atoms with Crippen molar-refractivity contribution < 1.29 is 33.4 Å². The first-order valence-corrected chi connectivity index (χ1v) is 11.3. The van der Waals surface area contributed by atoms with Gasteiger partial charge in [-0.05, 0) is 42.8 Å². The molecule has 0 aromatic heterocycles. The van der Waals surface area contributed by atoms with Crippen molar-refractivity contribution in [3.05, 3.63) is 64.7 Å². The predicted molar refractivity (Wildman–Crippen MR) is 125 cm³/mol. The van der Waals surface area contributed by atoms with Crippen LogP contribution in [0.4, 0.5) is 5.69 Å². The Morgan fingerprint density at radius 2 is 1.77 bits per heavy atom. The molecule has 0 aliphatic carbocycles. The van der Waals surface area contributed by atoms with Gasteiger partial charge in [-0.1, -0.05) is 30.7 Å². The second-order valence-electron chi connectivity index (χ2n) is 7.70. The van der Waals surface area contributed by atoms with E-state index >= 15 is 0 Å². The molecule has 2 N–H and O–H groups in total. The topological polar surface area (TPSA) is 131 Å². The van der Waals surface area contributed by atoms with Gasteiger partial charge in [0.25, 0.3) is 11.8 Å². The zero-order valence-corrected chi connectivity index (χ0v) is 19.7. The van der Waals surface area contributed by atoms with Gasteiger partial charge in [0.05, 0.1) is 35.2 Å². The molecule has 35 heavy (non-hydrogen) atoms. The third-order valence-corrected chi connectivity index (χ3v) is 5.33. The maximum absolute atomic E-state index is 12.4. The third kappa shape index (κ3) is 7.03. The highest BCUT2D eigenvalue weighted by molar-refractivity contribution is 6.33. The molecule has 2 aromatic rings. The van der Waals surface area contributed by atoms with E-state index in [4.69, 9.17) is 21.1 Å². The third-order valence-electron chi connectivity index (χ3n) is 5.00. The van der Waals surface area contributed by atoms with Gasteiger partial charge in [-0.2, -0.15) is 0 Å². The molecule has 3 amide bonds. The lowest BCUT2D eigenvalue weighted by Gasteiger charge is -2.18. The molecule has 1 atom stereocenters. The highest BCUT2D eigenvalue weighted by Crippen LogP contribution is 2.20. The van der Waals surface area contributed by atoms with Crippen LogP contribution in [0.3, 0.4) is 0 Å². The summed E-state index contributed by atoms with van der Waals surface area (Å²) in [5.74, 6) is -3.67. The number of nitrogens with zero attached hydrogens (tertiary/aromatic N) is 1. The molecular formula is C24H24ClN3O7. The second kappa shape index (κ2) is 12.0. The zero-order valence-electron chi connectivity index (χ0n) is 18.9. The quantitative estimate of drug-likeness (QED) is 0.505. The van der Waals surface area contributed by atoms with Crippen LogP contribution in [0.5, 0.6) is 0 Å². The number of carbonyl (C=O) groups excluding carboxylic acids is 5.